The second-order valence-electron chi connectivity index (χ2n) is 5.45. The molecule has 114 valence electrons. The van der Waals surface area contributed by atoms with Crippen LogP contribution in [-0.4, -0.2) is 42.9 Å². The SMILES string of the molecule is O=C(Cc1ccc(F)c(F)c1)N1CCCC2(C1)OCCO2. The maximum Gasteiger partial charge on any atom is 0.227 e. The third-order valence-corrected chi connectivity index (χ3v) is 3.92. The number of halogens is 2. The molecule has 1 amide bonds. The van der Waals surface area contributed by atoms with Crippen molar-refractivity contribution in [1.82, 2.24) is 4.90 Å². The Balaban J connectivity index is 1.65. The van der Waals surface area contributed by atoms with E-state index in [2.05, 4.69) is 0 Å². The zero-order chi connectivity index (χ0) is 14.9. The molecule has 0 bridgehead atoms. The van der Waals surface area contributed by atoms with Gasteiger partial charge in [-0.3, -0.25) is 4.79 Å². The van der Waals surface area contributed by atoms with Crippen LogP contribution in [0, 0.1) is 11.6 Å². The quantitative estimate of drug-likeness (QED) is 0.836. The number of hydrogen-bond donors (Lipinski definition) is 0. The van der Waals surface area contributed by atoms with E-state index >= 15 is 0 Å². The van der Waals surface area contributed by atoms with Gasteiger partial charge in [-0.2, -0.15) is 0 Å². The average molecular weight is 297 g/mol. The van der Waals surface area contributed by atoms with Gasteiger partial charge in [0.15, 0.2) is 17.4 Å². The Morgan fingerprint density at radius 1 is 1.24 bits per heavy atom. The first-order valence-corrected chi connectivity index (χ1v) is 7.08. The summed E-state index contributed by atoms with van der Waals surface area (Å²) in [6.07, 6.45) is 1.64. The Morgan fingerprint density at radius 2 is 2.00 bits per heavy atom. The lowest BCUT2D eigenvalue weighted by molar-refractivity contribution is -0.192. The number of ether oxygens (including phenoxy) is 2. The van der Waals surface area contributed by atoms with Crippen LogP contribution in [0.15, 0.2) is 18.2 Å². The molecule has 0 saturated carbocycles. The van der Waals surface area contributed by atoms with Gasteiger partial charge in [-0.1, -0.05) is 6.07 Å². The lowest BCUT2D eigenvalue weighted by Gasteiger charge is -2.38. The largest absolute Gasteiger partial charge is 0.346 e. The molecule has 2 aliphatic heterocycles. The maximum atomic E-state index is 13.2. The van der Waals surface area contributed by atoms with Gasteiger partial charge in [0.1, 0.15) is 0 Å². The predicted octanol–water partition coefficient (Wildman–Crippen LogP) is 1.87. The summed E-state index contributed by atoms with van der Waals surface area (Å²) >= 11 is 0. The Kier molecular flexibility index (Phi) is 3.91. The highest BCUT2D eigenvalue weighted by Gasteiger charge is 2.41. The van der Waals surface area contributed by atoms with E-state index in [-0.39, 0.29) is 12.3 Å². The molecule has 1 aromatic carbocycles. The van der Waals surface area contributed by atoms with Crippen LogP contribution in [0.25, 0.3) is 0 Å². The number of nitrogens with zero attached hydrogens (tertiary/aromatic N) is 1. The normalized spacial score (nSPS) is 21.0. The Morgan fingerprint density at radius 3 is 2.71 bits per heavy atom. The molecular formula is C15H17F2NO3. The van der Waals surface area contributed by atoms with Crippen molar-refractivity contribution in [3.63, 3.8) is 0 Å². The molecule has 4 nitrogen and oxygen atoms in total. The van der Waals surface area contributed by atoms with Gasteiger partial charge in [0.2, 0.25) is 5.91 Å². The minimum atomic E-state index is -0.933. The van der Waals surface area contributed by atoms with E-state index in [9.17, 15) is 13.6 Å². The molecule has 0 unspecified atom stereocenters. The summed E-state index contributed by atoms with van der Waals surface area (Å²) in [4.78, 5) is 14.0. The highest BCUT2D eigenvalue weighted by molar-refractivity contribution is 5.79. The molecule has 1 aromatic rings. The molecule has 0 aromatic heterocycles. The molecule has 0 N–H and O–H groups in total. The van der Waals surface area contributed by atoms with Gasteiger partial charge < -0.3 is 14.4 Å². The molecule has 2 saturated heterocycles. The predicted molar refractivity (Wildman–Crippen MR) is 70.5 cm³/mol. The number of carbonyl (C=O) groups is 1. The number of hydrogen-bond acceptors (Lipinski definition) is 3. The molecule has 1 spiro atoms. The second kappa shape index (κ2) is 5.69. The number of benzene rings is 1. The molecule has 0 aliphatic carbocycles. The van der Waals surface area contributed by atoms with E-state index < -0.39 is 17.4 Å². The van der Waals surface area contributed by atoms with Crippen LogP contribution in [-0.2, 0) is 20.7 Å². The first-order chi connectivity index (χ1) is 10.1. The van der Waals surface area contributed by atoms with Crippen LogP contribution in [0.3, 0.4) is 0 Å². The van der Waals surface area contributed by atoms with Crippen LogP contribution in [0.5, 0.6) is 0 Å². The van der Waals surface area contributed by atoms with Gasteiger partial charge in [-0.15, -0.1) is 0 Å². The molecule has 6 heteroatoms. The monoisotopic (exact) mass is 297 g/mol. The van der Waals surface area contributed by atoms with Crippen molar-refractivity contribution in [2.45, 2.75) is 25.0 Å². The van der Waals surface area contributed by atoms with Gasteiger partial charge in [-0.05, 0) is 24.1 Å². The highest BCUT2D eigenvalue weighted by Crippen LogP contribution is 2.30. The lowest BCUT2D eigenvalue weighted by atomic mass is 10.0. The smallest absolute Gasteiger partial charge is 0.227 e. The van der Waals surface area contributed by atoms with Crippen molar-refractivity contribution >= 4 is 5.91 Å². The van der Waals surface area contributed by atoms with E-state index in [4.69, 9.17) is 9.47 Å². The van der Waals surface area contributed by atoms with Gasteiger partial charge >= 0.3 is 0 Å². The van der Waals surface area contributed by atoms with Crippen molar-refractivity contribution < 1.29 is 23.0 Å². The summed E-state index contributed by atoms with van der Waals surface area (Å²) in [5, 5.41) is 0. The fraction of sp³-hybridized carbons (Fsp3) is 0.533. The summed E-state index contributed by atoms with van der Waals surface area (Å²) in [6.45, 7) is 2.13. The van der Waals surface area contributed by atoms with Crippen LogP contribution >= 0.6 is 0 Å². The first kappa shape index (κ1) is 14.4. The number of likely N-dealkylation sites (tertiary alicyclic amines) is 1. The van der Waals surface area contributed by atoms with E-state index in [1.54, 1.807) is 4.90 Å². The molecular weight excluding hydrogens is 280 g/mol. The third kappa shape index (κ3) is 3.06. The van der Waals surface area contributed by atoms with Crippen LogP contribution in [0.4, 0.5) is 8.78 Å². The van der Waals surface area contributed by atoms with Crippen molar-refractivity contribution in [3.8, 4) is 0 Å². The zero-order valence-electron chi connectivity index (χ0n) is 11.6. The van der Waals surface area contributed by atoms with E-state index in [0.29, 0.717) is 31.9 Å². The molecule has 0 radical (unpaired) electrons. The Hall–Kier alpha value is -1.53. The molecule has 0 atom stereocenters. The summed E-state index contributed by atoms with van der Waals surface area (Å²) < 4.78 is 37.3. The van der Waals surface area contributed by atoms with Crippen molar-refractivity contribution in [1.29, 1.82) is 0 Å². The van der Waals surface area contributed by atoms with Crippen LogP contribution in [0.2, 0.25) is 0 Å². The lowest BCUT2D eigenvalue weighted by Crippen LogP contribution is -2.51. The van der Waals surface area contributed by atoms with Gasteiger partial charge in [0, 0.05) is 13.0 Å². The van der Waals surface area contributed by atoms with Gasteiger partial charge in [-0.25, -0.2) is 8.78 Å². The van der Waals surface area contributed by atoms with E-state index in [1.165, 1.54) is 6.07 Å². The molecule has 3 rings (SSSR count). The fourth-order valence-corrected chi connectivity index (χ4v) is 2.87. The van der Waals surface area contributed by atoms with Crippen molar-refractivity contribution in [2.24, 2.45) is 0 Å². The minimum absolute atomic E-state index is 0.0489. The van der Waals surface area contributed by atoms with E-state index in [1.807, 2.05) is 0 Å². The molecule has 2 fully saturated rings. The summed E-state index contributed by atoms with van der Waals surface area (Å²) in [7, 11) is 0. The number of rotatable bonds is 2. The average Bonchev–Trinajstić information content (AvgIpc) is 2.91. The van der Waals surface area contributed by atoms with Crippen LogP contribution in [0.1, 0.15) is 18.4 Å². The Bertz CT molecular complexity index is 544. The summed E-state index contributed by atoms with van der Waals surface area (Å²) in [5.74, 6) is -2.63. The third-order valence-electron chi connectivity index (χ3n) is 3.92. The maximum absolute atomic E-state index is 13.2. The number of piperidine rings is 1. The topological polar surface area (TPSA) is 38.8 Å². The highest BCUT2D eigenvalue weighted by atomic mass is 19.2. The fourth-order valence-electron chi connectivity index (χ4n) is 2.87. The van der Waals surface area contributed by atoms with Crippen molar-refractivity contribution in [3.05, 3.63) is 35.4 Å². The molecule has 2 aliphatic rings. The minimum Gasteiger partial charge on any atom is -0.346 e. The van der Waals surface area contributed by atoms with Crippen molar-refractivity contribution in [2.75, 3.05) is 26.3 Å². The van der Waals surface area contributed by atoms with Gasteiger partial charge in [0.25, 0.3) is 0 Å². The van der Waals surface area contributed by atoms with E-state index in [0.717, 1.165) is 25.0 Å². The zero-order valence-corrected chi connectivity index (χ0v) is 11.6. The van der Waals surface area contributed by atoms with Gasteiger partial charge in [0.05, 0.1) is 26.2 Å². The number of carbonyl (C=O) groups excluding carboxylic acids is 1. The molecule has 21 heavy (non-hydrogen) atoms. The first-order valence-electron chi connectivity index (χ1n) is 7.08. The van der Waals surface area contributed by atoms with Crippen LogP contribution < -0.4 is 0 Å². The molecule has 2 heterocycles. The summed E-state index contributed by atoms with van der Waals surface area (Å²) in [6, 6.07) is 3.53. The standard InChI is InChI=1S/C15H17F2NO3/c16-12-3-2-11(8-13(12)17)9-14(19)18-5-1-4-15(10-18)20-6-7-21-15/h2-3,8H,1,4-7,9-10H2. The number of amides is 1. The second-order valence-corrected chi connectivity index (χ2v) is 5.45. The summed E-state index contributed by atoms with van der Waals surface area (Å²) in [5.41, 5.74) is 0.465. The Labute approximate surface area is 121 Å².